The summed E-state index contributed by atoms with van der Waals surface area (Å²) in [6.45, 7) is 1.68. The maximum absolute atomic E-state index is 10.4. The number of rotatable bonds is 2. The largest absolute Gasteiger partial charge is 0.355 e. The number of H-pyrrole nitrogens is 1. The van der Waals surface area contributed by atoms with Gasteiger partial charge in [-0.3, -0.25) is 10.1 Å². The zero-order valence-electron chi connectivity index (χ0n) is 7.63. The van der Waals surface area contributed by atoms with Gasteiger partial charge in [-0.25, -0.2) is 0 Å². The molecule has 4 nitrogen and oxygen atoms in total. The minimum atomic E-state index is -1.60. The lowest BCUT2D eigenvalue weighted by Gasteiger charge is -2.13. The fourth-order valence-corrected chi connectivity index (χ4v) is 1.75. The minimum absolute atomic E-state index is 0.0707. The van der Waals surface area contributed by atoms with Crippen molar-refractivity contribution >= 4 is 46.1 Å². The second kappa shape index (κ2) is 4.43. The van der Waals surface area contributed by atoms with Crippen LogP contribution < -0.4 is 0 Å². The van der Waals surface area contributed by atoms with Crippen molar-refractivity contribution in [3.05, 3.63) is 34.1 Å². The summed E-state index contributed by atoms with van der Waals surface area (Å²) in [5.41, 5.74) is 0.725. The SMILES string of the molecule is CC=C(c1cc([N+](=O)[O-])c[nH]1)C(Cl)(Cl)Cl. The van der Waals surface area contributed by atoms with E-state index in [1.165, 1.54) is 12.3 Å². The molecule has 0 atom stereocenters. The fourth-order valence-electron chi connectivity index (χ4n) is 1.12. The molecule has 0 aliphatic carbocycles. The Bertz CT molecular complexity index is 406. The highest BCUT2D eigenvalue weighted by molar-refractivity contribution is 6.72. The lowest BCUT2D eigenvalue weighted by atomic mass is 10.2. The standard InChI is InChI=1S/C8H7Cl3N2O2/c1-2-6(8(9,10)11)7-3-5(4-12-7)13(14)15/h2-4,12H,1H3. The molecule has 82 valence electrons. The number of alkyl halides is 3. The van der Waals surface area contributed by atoms with E-state index in [0.29, 0.717) is 11.3 Å². The van der Waals surface area contributed by atoms with Gasteiger partial charge in [0.1, 0.15) is 0 Å². The van der Waals surface area contributed by atoms with Crippen LogP contribution in [0.5, 0.6) is 0 Å². The predicted octanol–water partition coefficient (Wildman–Crippen LogP) is 3.70. The van der Waals surface area contributed by atoms with Gasteiger partial charge in [-0.15, -0.1) is 0 Å². The average Bonchev–Trinajstić information content (AvgIpc) is 2.51. The molecule has 1 aromatic rings. The second-order valence-corrected chi connectivity index (χ2v) is 5.01. The third kappa shape index (κ3) is 2.87. The van der Waals surface area contributed by atoms with E-state index in [9.17, 15) is 10.1 Å². The topological polar surface area (TPSA) is 58.9 Å². The van der Waals surface area contributed by atoms with Crippen molar-refractivity contribution in [1.82, 2.24) is 4.98 Å². The number of nitrogens with one attached hydrogen (secondary N) is 1. The Hall–Kier alpha value is -0.710. The summed E-state index contributed by atoms with van der Waals surface area (Å²) in [5, 5.41) is 10.4. The maximum Gasteiger partial charge on any atom is 0.287 e. The van der Waals surface area contributed by atoms with E-state index < -0.39 is 8.72 Å². The summed E-state index contributed by atoms with van der Waals surface area (Å²) in [4.78, 5) is 12.6. The molecular weight excluding hydrogens is 262 g/mol. The van der Waals surface area contributed by atoms with Gasteiger partial charge in [0.15, 0.2) is 0 Å². The van der Waals surface area contributed by atoms with E-state index in [1.807, 2.05) is 0 Å². The number of allylic oxidation sites excluding steroid dienone is 2. The van der Waals surface area contributed by atoms with Crippen LogP contribution in [0.15, 0.2) is 18.3 Å². The molecule has 1 aromatic heterocycles. The van der Waals surface area contributed by atoms with Gasteiger partial charge in [-0.2, -0.15) is 0 Å². The Labute approximate surface area is 101 Å². The molecule has 7 heteroatoms. The molecule has 0 amide bonds. The number of nitro groups is 1. The zero-order chi connectivity index (χ0) is 11.6. The van der Waals surface area contributed by atoms with Crippen molar-refractivity contribution in [3.63, 3.8) is 0 Å². The molecule has 1 rings (SSSR count). The lowest BCUT2D eigenvalue weighted by Crippen LogP contribution is -2.05. The number of hydrogen-bond acceptors (Lipinski definition) is 2. The van der Waals surface area contributed by atoms with Gasteiger partial charge in [0, 0.05) is 11.6 Å². The zero-order valence-corrected chi connectivity index (χ0v) is 9.90. The van der Waals surface area contributed by atoms with Crippen LogP contribution in [0, 0.1) is 10.1 Å². The number of aromatic nitrogens is 1. The lowest BCUT2D eigenvalue weighted by molar-refractivity contribution is -0.384. The first-order valence-electron chi connectivity index (χ1n) is 3.93. The molecule has 0 saturated heterocycles. The van der Waals surface area contributed by atoms with Crippen LogP contribution in [-0.2, 0) is 0 Å². The molecule has 0 unspecified atom stereocenters. The van der Waals surface area contributed by atoms with Crippen LogP contribution >= 0.6 is 34.8 Å². The third-order valence-electron chi connectivity index (χ3n) is 1.76. The number of hydrogen-bond donors (Lipinski definition) is 1. The summed E-state index contributed by atoms with van der Waals surface area (Å²) in [7, 11) is 0. The van der Waals surface area contributed by atoms with Crippen LogP contribution in [0.3, 0.4) is 0 Å². The van der Waals surface area contributed by atoms with Crippen molar-refractivity contribution in [3.8, 4) is 0 Å². The Morgan fingerprint density at radius 3 is 2.53 bits per heavy atom. The van der Waals surface area contributed by atoms with Crippen LogP contribution in [0.2, 0.25) is 0 Å². The van der Waals surface area contributed by atoms with Gasteiger partial charge in [-0.1, -0.05) is 40.9 Å². The van der Waals surface area contributed by atoms with Crippen molar-refractivity contribution in [1.29, 1.82) is 0 Å². The van der Waals surface area contributed by atoms with E-state index in [2.05, 4.69) is 4.98 Å². The first kappa shape index (κ1) is 12.4. The molecule has 0 fully saturated rings. The van der Waals surface area contributed by atoms with E-state index >= 15 is 0 Å². The summed E-state index contributed by atoms with van der Waals surface area (Å²) < 4.78 is -1.60. The van der Waals surface area contributed by atoms with Crippen LogP contribution in [0.25, 0.3) is 5.57 Å². The highest BCUT2D eigenvalue weighted by atomic mass is 35.6. The van der Waals surface area contributed by atoms with E-state index in [1.54, 1.807) is 13.0 Å². The first-order valence-corrected chi connectivity index (χ1v) is 5.06. The normalized spacial score (nSPS) is 12.9. The minimum Gasteiger partial charge on any atom is -0.355 e. The summed E-state index contributed by atoms with van der Waals surface area (Å²) in [6, 6.07) is 1.32. The van der Waals surface area contributed by atoms with E-state index in [-0.39, 0.29) is 5.69 Å². The van der Waals surface area contributed by atoms with E-state index in [4.69, 9.17) is 34.8 Å². The molecule has 0 aromatic carbocycles. The molecule has 1 N–H and O–H groups in total. The second-order valence-electron chi connectivity index (χ2n) is 2.73. The summed E-state index contributed by atoms with van der Waals surface area (Å²) in [5.74, 6) is 0. The van der Waals surface area contributed by atoms with Crippen LogP contribution in [-0.4, -0.2) is 13.7 Å². The predicted molar refractivity (Wildman–Crippen MR) is 61.4 cm³/mol. The van der Waals surface area contributed by atoms with E-state index in [0.717, 1.165) is 0 Å². The van der Waals surface area contributed by atoms with Crippen molar-refractivity contribution < 1.29 is 4.92 Å². The number of nitrogens with zero attached hydrogens (tertiary/aromatic N) is 1. The van der Waals surface area contributed by atoms with Gasteiger partial charge in [0.25, 0.3) is 5.69 Å². The van der Waals surface area contributed by atoms with Crippen LogP contribution in [0.4, 0.5) is 5.69 Å². The number of halogens is 3. The molecule has 0 aliphatic heterocycles. The van der Waals surface area contributed by atoms with Crippen molar-refractivity contribution in [2.45, 2.75) is 10.7 Å². The Morgan fingerprint density at radius 2 is 2.20 bits per heavy atom. The highest BCUT2D eigenvalue weighted by Crippen LogP contribution is 2.40. The molecule has 15 heavy (non-hydrogen) atoms. The molecule has 0 bridgehead atoms. The third-order valence-corrected chi connectivity index (χ3v) is 2.37. The fraction of sp³-hybridized carbons (Fsp3) is 0.250. The molecule has 0 radical (unpaired) electrons. The van der Waals surface area contributed by atoms with Gasteiger partial charge < -0.3 is 4.98 Å². The highest BCUT2D eigenvalue weighted by Gasteiger charge is 2.28. The molecule has 0 aliphatic rings. The number of aromatic amines is 1. The Balaban J connectivity index is 3.11. The van der Waals surface area contributed by atoms with Gasteiger partial charge in [0.05, 0.1) is 16.8 Å². The van der Waals surface area contributed by atoms with Gasteiger partial charge in [0.2, 0.25) is 3.79 Å². The Morgan fingerprint density at radius 1 is 1.60 bits per heavy atom. The summed E-state index contributed by atoms with van der Waals surface area (Å²) in [6.07, 6.45) is 2.83. The molecular formula is C8H7Cl3N2O2. The average molecular weight is 270 g/mol. The van der Waals surface area contributed by atoms with Crippen molar-refractivity contribution in [2.24, 2.45) is 0 Å². The smallest absolute Gasteiger partial charge is 0.287 e. The van der Waals surface area contributed by atoms with Gasteiger partial charge in [-0.05, 0) is 6.92 Å². The monoisotopic (exact) mass is 268 g/mol. The maximum atomic E-state index is 10.4. The first-order chi connectivity index (χ1) is 6.86. The quantitative estimate of drug-likeness (QED) is 0.505. The van der Waals surface area contributed by atoms with Crippen LogP contribution in [0.1, 0.15) is 12.6 Å². The van der Waals surface area contributed by atoms with Crippen molar-refractivity contribution in [2.75, 3.05) is 0 Å². The molecule has 1 heterocycles. The molecule has 0 spiro atoms. The van der Waals surface area contributed by atoms with Gasteiger partial charge >= 0.3 is 0 Å². The molecule has 0 saturated carbocycles. The summed E-state index contributed by atoms with van der Waals surface area (Å²) >= 11 is 17.1. The Kier molecular flexibility index (Phi) is 3.65.